The van der Waals surface area contributed by atoms with E-state index in [0.29, 0.717) is 42.2 Å². The van der Waals surface area contributed by atoms with Crippen molar-refractivity contribution in [1.82, 2.24) is 10.2 Å². The highest BCUT2D eigenvalue weighted by Gasteiger charge is 2.43. The molecule has 3 aliphatic rings. The van der Waals surface area contributed by atoms with Gasteiger partial charge in [-0.05, 0) is 43.0 Å². The Morgan fingerprint density at radius 3 is 2.44 bits per heavy atom. The third kappa shape index (κ3) is 6.75. The zero-order valence-corrected chi connectivity index (χ0v) is 26.0. The number of hydrogen-bond donors (Lipinski definition) is 2. The van der Waals surface area contributed by atoms with Crippen LogP contribution in [0.15, 0.2) is 47.7 Å². The minimum absolute atomic E-state index is 0.0457. The zero-order valence-electron chi connectivity index (χ0n) is 26.0. The molecular weight excluding hydrogens is 548 g/mol. The molecule has 1 amide bonds. The number of allylic oxidation sites excluding steroid dienone is 1. The molecule has 2 aliphatic heterocycles. The van der Waals surface area contributed by atoms with E-state index in [1.54, 1.807) is 27.4 Å². The molecule has 0 bridgehead atoms. The van der Waals surface area contributed by atoms with Crippen molar-refractivity contribution < 1.29 is 28.5 Å². The van der Waals surface area contributed by atoms with E-state index in [2.05, 4.69) is 29.4 Å². The second-order valence-electron chi connectivity index (χ2n) is 12.1. The van der Waals surface area contributed by atoms with Crippen LogP contribution in [0.5, 0.6) is 17.2 Å². The van der Waals surface area contributed by atoms with Gasteiger partial charge in [-0.2, -0.15) is 0 Å². The fourth-order valence-electron chi connectivity index (χ4n) is 6.38. The van der Waals surface area contributed by atoms with E-state index in [4.69, 9.17) is 18.9 Å². The van der Waals surface area contributed by atoms with E-state index in [-0.39, 0.29) is 23.7 Å². The summed E-state index contributed by atoms with van der Waals surface area (Å²) in [6.07, 6.45) is 1.94. The standard InChI is InChI=1S/C33H44N4O6/c1-33(2)19-24-31(26(38)20-33)32(22-17-28(41-4)29(42-5)18-27(22)40-3)37(25-10-7-6-9-23(25)35-24)21-30(39)34-11-8-12-36-13-15-43-16-14-36/h6-7,9-10,17-18,32,35H,8,11-16,19-21H2,1-5H3,(H,34,39). The first kappa shape index (κ1) is 30.7. The lowest BCUT2D eigenvalue weighted by Crippen LogP contribution is -2.43. The maximum Gasteiger partial charge on any atom is 0.239 e. The number of hydrogen-bond acceptors (Lipinski definition) is 9. The molecule has 43 heavy (non-hydrogen) atoms. The quantitative estimate of drug-likeness (QED) is 0.394. The molecule has 1 atom stereocenters. The normalized spacial score (nSPS) is 20.0. The molecule has 10 heteroatoms. The molecular formula is C33H44N4O6. The molecule has 2 aromatic carbocycles. The van der Waals surface area contributed by atoms with Gasteiger partial charge in [-0.25, -0.2) is 0 Å². The van der Waals surface area contributed by atoms with Gasteiger partial charge in [0, 0.05) is 49.0 Å². The molecule has 10 nitrogen and oxygen atoms in total. The van der Waals surface area contributed by atoms with Gasteiger partial charge < -0.3 is 34.5 Å². The molecule has 0 spiro atoms. The molecule has 1 aliphatic carbocycles. The van der Waals surface area contributed by atoms with Crippen LogP contribution in [0.1, 0.15) is 44.7 Å². The Morgan fingerprint density at radius 1 is 1.02 bits per heavy atom. The van der Waals surface area contributed by atoms with Crippen LogP contribution in [0, 0.1) is 5.41 Å². The second-order valence-corrected chi connectivity index (χ2v) is 12.1. The van der Waals surface area contributed by atoms with Gasteiger partial charge in [0.15, 0.2) is 17.3 Å². The molecule has 0 radical (unpaired) electrons. The van der Waals surface area contributed by atoms with Crippen LogP contribution in [0.2, 0.25) is 0 Å². The van der Waals surface area contributed by atoms with Crippen LogP contribution >= 0.6 is 0 Å². The number of anilines is 2. The van der Waals surface area contributed by atoms with Crippen molar-refractivity contribution >= 4 is 23.1 Å². The van der Waals surface area contributed by atoms with Gasteiger partial charge in [-0.15, -0.1) is 0 Å². The summed E-state index contributed by atoms with van der Waals surface area (Å²) in [6.45, 7) is 9.09. The predicted octanol–water partition coefficient (Wildman–Crippen LogP) is 4.17. The van der Waals surface area contributed by atoms with E-state index in [1.807, 2.05) is 35.2 Å². The number of morpholine rings is 1. The van der Waals surface area contributed by atoms with Crippen molar-refractivity contribution in [2.45, 2.75) is 39.2 Å². The predicted molar refractivity (Wildman–Crippen MR) is 166 cm³/mol. The number of Topliss-reactive ketones (excluding diaryl/α,β-unsaturated/α-hetero) is 1. The van der Waals surface area contributed by atoms with Gasteiger partial charge in [-0.1, -0.05) is 26.0 Å². The summed E-state index contributed by atoms with van der Waals surface area (Å²) in [6, 6.07) is 10.9. The number of carbonyl (C=O) groups excluding carboxylic acids is 2. The summed E-state index contributed by atoms with van der Waals surface area (Å²) < 4.78 is 22.6. The van der Waals surface area contributed by atoms with Gasteiger partial charge in [0.05, 0.1) is 58.5 Å². The summed E-state index contributed by atoms with van der Waals surface area (Å²) >= 11 is 0. The van der Waals surface area contributed by atoms with Crippen LogP contribution in [0.25, 0.3) is 0 Å². The Bertz CT molecular complexity index is 1370. The molecule has 1 fully saturated rings. The molecule has 5 rings (SSSR count). The Kier molecular flexibility index (Phi) is 9.46. The highest BCUT2D eigenvalue weighted by molar-refractivity contribution is 6.02. The van der Waals surface area contributed by atoms with Gasteiger partial charge >= 0.3 is 0 Å². The molecule has 0 aromatic heterocycles. The number of ether oxygens (including phenoxy) is 4. The molecule has 232 valence electrons. The van der Waals surface area contributed by atoms with Crippen molar-refractivity contribution in [3.63, 3.8) is 0 Å². The SMILES string of the molecule is COc1cc(OC)c(C2C3=C(CC(C)(C)CC3=O)Nc3ccccc3N2CC(=O)NCCCN2CCOCC2)cc1OC. The lowest BCUT2D eigenvalue weighted by Gasteiger charge is -2.38. The largest absolute Gasteiger partial charge is 0.496 e. The lowest BCUT2D eigenvalue weighted by molar-refractivity contribution is -0.120. The van der Waals surface area contributed by atoms with Crippen molar-refractivity contribution in [3.8, 4) is 17.2 Å². The molecule has 1 saturated heterocycles. The first-order chi connectivity index (χ1) is 20.7. The van der Waals surface area contributed by atoms with Gasteiger partial charge in [0.25, 0.3) is 0 Å². The first-order valence-corrected chi connectivity index (χ1v) is 15.0. The summed E-state index contributed by atoms with van der Waals surface area (Å²) in [4.78, 5) is 32.0. The molecule has 0 saturated carbocycles. The monoisotopic (exact) mass is 592 g/mol. The van der Waals surface area contributed by atoms with Crippen LogP contribution < -0.4 is 29.7 Å². The van der Waals surface area contributed by atoms with Crippen LogP contribution in [-0.2, 0) is 14.3 Å². The number of methoxy groups -OCH3 is 3. The number of benzene rings is 2. The highest BCUT2D eigenvalue weighted by atomic mass is 16.5. The van der Waals surface area contributed by atoms with Crippen LogP contribution in [0.4, 0.5) is 11.4 Å². The van der Waals surface area contributed by atoms with E-state index in [9.17, 15) is 9.59 Å². The minimum atomic E-state index is -0.608. The van der Waals surface area contributed by atoms with Crippen LogP contribution in [-0.4, -0.2) is 83.9 Å². The third-order valence-electron chi connectivity index (χ3n) is 8.43. The zero-order chi connectivity index (χ0) is 30.6. The van der Waals surface area contributed by atoms with Gasteiger partial charge in [0.1, 0.15) is 5.75 Å². The fraction of sp³-hybridized carbons (Fsp3) is 0.515. The second kappa shape index (κ2) is 13.3. The first-order valence-electron chi connectivity index (χ1n) is 15.0. The molecule has 2 N–H and O–H groups in total. The smallest absolute Gasteiger partial charge is 0.239 e. The number of nitrogens with one attached hydrogen (secondary N) is 2. The van der Waals surface area contributed by atoms with Crippen LogP contribution in [0.3, 0.4) is 0 Å². The van der Waals surface area contributed by atoms with Crippen molar-refractivity contribution in [1.29, 1.82) is 0 Å². The van der Waals surface area contributed by atoms with Crippen molar-refractivity contribution in [2.24, 2.45) is 5.41 Å². The van der Waals surface area contributed by atoms with Crippen molar-refractivity contribution in [3.05, 3.63) is 53.2 Å². The summed E-state index contributed by atoms with van der Waals surface area (Å²) in [5.41, 5.74) is 3.69. The van der Waals surface area contributed by atoms with E-state index >= 15 is 0 Å². The number of fused-ring (bicyclic) bond motifs is 1. The summed E-state index contributed by atoms with van der Waals surface area (Å²) in [5.74, 6) is 1.51. The molecule has 2 aromatic rings. The number of nitrogens with zero attached hydrogens (tertiary/aromatic N) is 2. The van der Waals surface area contributed by atoms with Crippen molar-refractivity contribution in [2.75, 3.05) is 77.5 Å². The minimum Gasteiger partial charge on any atom is -0.496 e. The number of ketones is 1. The Balaban J connectivity index is 1.54. The molecule has 1 unspecified atom stereocenters. The topological polar surface area (TPSA) is 102 Å². The van der Waals surface area contributed by atoms with Gasteiger partial charge in [0.2, 0.25) is 5.91 Å². The Morgan fingerprint density at radius 2 is 1.72 bits per heavy atom. The fourth-order valence-corrected chi connectivity index (χ4v) is 6.38. The average Bonchev–Trinajstić information content (AvgIpc) is 3.12. The van der Waals surface area contributed by atoms with E-state index < -0.39 is 6.04 Å². The Labute approximate surface area is 254 Å². The summed E-state index contributed by atoms with van der Waals surface area (Å²) in [5, 5.41) is 6.72. The number of carbonyl (C=O) groups is 2. The Hall–Kier alpha value is -3.76. The number of amides is 1. The highest BCUT2D eigenvalue weighted by Crippen LogP contribution is 2.51. The maximum atomic E-state index is 14.1. The number of rotatable bonds is 10. The summed E-state index contributed by atoms with van der Waals surface area (Å²) in [7, 11) is 4.76. The number of para-hydroxylation sites is 2. The van der Waals surface area contributed by atoms with Gasteiger partial charge in [-0.3, -0.25) is 14.5 Å². The maximum absolute atomic E-state index is 14.1. The third-order valence-corrected chi connectivity index (χ3v) is 8.43. The average molecular weight is 593 g/mol. The lowest BCUT2D eigenvalue weighted by atomic mass is 9.73. The van der Waals surface area contributed by atoms with E-state index in [1.165, 1.54) is 0 Å². The van der Waals surface area contributed by atoms with E-state index in [0.717, 1.165) is 61.9 Å². The molecule has 2 heterocycles.